The molecular weight excluding hydrogens is 366 g/mol. The van der Waals surface area contributed by atoms with Crippen molar-refractivity contribution in [3.63, 3.8) is 0 Å². The lowest BCUT2D eigenvalue weighted by atomic mass is 10.1. The number of imidazole rings is 1. The molecule has 2 aromatic carbocycles. The Morgan fingerprint density at radius 2 is 1.86 bits per heavy atom. The number of nitrogens with one attached hydrogen (secondary N) is 2. The van der Waals surface area contributed by atoms with Crippen molar-refractivity contribution in [2.45, 2.75) is 61.9 Å². The van der Waals surface area contributed by atoms with E-state index in [1.807, 2.05) is 36.4 Å². The summed E-state index contributed by atoms with van der Waals surface area (Å²) >= 11 is 1.50. The molecule has 1 aliphatic carbocycles. The molecule has 0 unspecified atom stereocenters. The van der Waals surface area contributed by atoms with Crippen LogP contribution in [0, 0.1) is 6.92 Å². The van der Waals surface area contributed by atoms with Crippen molar-refractivity contribution in [3.05, 3.63) is 59.7 Å². The number of carbonyl (C=O) groups is 1. The van der Waals surface area contributed by atoms with Gasteiger partial charge in [0.1, 0.15) is 5.25 Å². The summed E-state index contributed by atoms with van der Waals surface area (Å²) in [5.41, 5.74) is 4.15. The van der Waals surface area contributed by atoms with Crippen LogP contribution >= 0.6 is 11.8 Å². The summed E-state index contributed by atoms with van der Waals surface area (Å²) < 4.78 is 0. The van der Waals surface area contributed by atoms with E-state index in [0.29, 0.717) is 6.04 Å². The van der Waals surface area contributed by atoms with Crippen LogP contribution in [0.3, 0.4) is 0 Å². The fraction of sp³-hybridized carbons (Fsp3) is 0.391. The molecule has 1 heterocycles. The van der Waals surface area contributed by atoms with Crippen LogP contribution < -0.4 is 5.32 Å². The summed E-state index contributed by atoms with van der Waals surface area (Å²) in [6.45, 7) is 2.07. The maximum Gasteiger partial charge on any atom is 0.238 e. The second-order valence-electron chi connectivity index (χ2n) is 7.67. The van der Waals surface area contributed by atoms with E-state index < -0.39 is 0 Å². The molecule has 1 aromatic heterocycles. The number of rotatable bonds is 5. The molecule has 28 heavy (non-hydrogen) atoms. The first-order chi connectivity index (χ1) is 13.7. The lowest BCUT2D eigenvalue weighted by Crippen LogP contribution is -2.37. The molecule has 0 spiro atoms. The molecule has 1 atom stereocenters. The second-order valence-corrected chi connectivity index (χ2v) is 8.76. The van der Waals surface area contributed by atoms with Crippen molar-refractivity contribution in [1.29, 1.82) is 0 Å². The van der Waals surface area contributed by atoms with Crippen molar-refractivity contribution in [1.82, 2.24) is 15.3 Å². The number of H-pyrrole nitrogens is 1. The highest BCUT2D eigenvalue weighted by molar-refractivity contribution is 8.00. The normalized spacial score (nSPS) is 16.6. The number of fused-ring (bicyclic) bond motifs is 1. The molecule has 146 valence electrons. The fourth-order valence-corrected chi connectivity index (χ4v) is 4.88. The zero-order valence-electron chi connectivity index (χ0n) is 16.3. The van der Waals surface area contributed by atoms with Crippen molar-refractivity contribution in [3.8, 4) is 0 Å². The third-order valence-corrected chi connectivity index (χ3v) is 6.53. The molecule has 0 saturated heterocycles. The zero-order chi connectivity index (χ0) is 19.3. The Labute approximate surface area is 170 Å². The monoisotopic (exact) mass is 393 g/mol. The maximum absolute atomic E-state index is 13.2. The first-order valence-electron chi connectivity index (χ1n) is 10.2. The summed E-state index contributed by atoms with van der Waals surface area (Å²) in [4.78, 5) is 21.3. The van der Waals surface area contributed by atoms with E-state index in [-0.39, 0.29) is 11.2 Å². The van der Waals surface area contributed by atoms with Gasteiger partial charge in [-0.3, -0.25) is 4.79 Å². The lowest BCUT2D eigenvalue weighted by Gasteiger charge is -2.21. The van der Waals surface area contributed by atoms with Gasteiger partial charge in [-0.2, -0.15) is 0 Å². The molecule has 3 aromatic rings. The zero-order valence-corrected chi connectivity index (χ0v) is 17.1. The van der Waals surface area contributed by atoms with Gasteiger partial charge in [0.05, 0.1) is 11.0 Å². The van der Waals surface area contributed by atoms with Crippen LogP contribution in [0.2, 0.25) is 0 Å². The molecule has 0 radical (unpaired) electrons. The van der Waals surface area contributed by atoms with Crippen LogP contribution in [0.5, 0.6) is 0 Å². The Bertz CT molecular complexity index is 929. The van der Waals surface area contributed by atoms with Gasteiger partial charge in [-0.15, -0.1) is 0 Å². The van der Waals surface area contributed by atoms with E-state index in [9.17, 15) is 4.79 Å². The topological polar surface area (TPSA) is 57.8 Å². The Balaban J connectivity index is 1.56. The molecule has 5 heteroatoms. The standard InChI is InChI=1S/C23H27N3OS/c1-16-13-14-19-20(15-16)26-23(25-19)28-21(17-9-5-4-6-10-17)22(27)24-18-11-7-2-3-8-12-18/h4-6,9-10,13-15,18,21H,2-3,7-8,11-12H2,1H3,(H,24,27)(H,25,26)/t21-/m0/s1. The van der Waals surface area contributed by atoms with Crippen molar-refractivity contribution < 1.29 is 4.79 Å². The molecule has 1 fully saturated rings. The summed E-state index contributed by atoms with van der Waals surface area (Å²) in [5, 5.41) is 3.79. The molecule has 2 N–H and O–H groups in total. The average molecular weight is 394 g/mol. The molecule has 1 saturated carbocycles. The largest absolute Gasteiger partial charge is 0.352 e. The summed E-state index contributed by atoms with van der Waals surface area (Å²) in [5.74, 6) is 0.0831. The van der Waals surface area contributed by atoms with Gasteiger partial charge in [0, 0.05) is 6.04 Å². The predicted octanol–water partition coefficient (Wildman–Crippen LogP) is 5.54. The number of thioether (sulfide) groups is 1. The highest BCUT2D eigenvalue weighted by Gasteiger charge is 2.26. The summed E-state index contributed by atoms with van der Waals surface area (Å²) in [7, 11) is 0. The number of hydrogen-bond donors (Lipinski definition) is 2. The van der Waals surface area contributed by atoms with Crippen molar-refractivity contribution in [2.24, 2.45) is 0 Å². The minimum Gasteiger partial charge on any atom is -0.352 e. The van der Waals surface area contributed by atoms with Crippen LogP contribution in [0.1, 0.15) is 54.9 Å². The quantitative estimate of drug-likeness (QED) is 0.442. The van der Waals surface area contributed by atoms with Crippen LogP contribution in [-0.2, 0) is 4.79 Å². The van der Waals surface area contributed by atoms with Gasteiger partial charge in [0.2, 0.25) is 5.91 Å². The summed E-state index contributed by atoms with van der Waals surface area (Å²) in [6.07, 6.45) is 7.14. The second kappa shape index (κ2) is 8.82. The van der Waals surface area contributed by atoms with Gasteiger partial charge in [-0.25, -0.2) is 4.98 Å². The van der Waals surface area contributed by atoms with Crippen LogP contribution in [-0.4, -0.2) is 21.9 Å². The SMILES string of the molecule is Cc1ccc2nc(S[C@H](C(=O)NC3CCCCCC3)c3ccccc3)[nH]c2c1. The fourth-order valence-electron chi connectivity index (χ4n) is 3.87. The maximum atomic E-state index is 13.2. The number of benzene rings is 2. The molecule has 1 aliphatic rings. The van der Waals surface area contributed by atoms with Crippen LogP contribution in [0.15, 0.2) is 53.7 Å². The molecular formula is C23H27N3OS. The molecule has 4 nitrogen and oxygen atoms in total. The Hall–Kier alpha value is -2.27. The van der Waals surface area contributed by atoms with Crippen molar-refractivity contribution in [2.75, 3.05) is 0 Å². The van der Waals surface area contributed by atoms with Gasteiger partial charge in [0.15, 0.2) is 5.16 Å². The number of nitrogens with zero attached hydrogens (tertiary/aromatic N) is 1. The van der Waals surface area contributed by atoms with E-state index in [0.717, 1.165) is 34.6 Å². The first-order valence-corrected chi connectivity index (χ1v) is 11.1. The van der Waals surface area contributed by atoms with Gasteiger partial charge in [-0.1, -0.05) is 73.8 Å². The van der Waals surface area contributed by atoms with Gasteiger partial charge >= 0.3 is 0 Å². The smallest absolute Gasteiger partial charge is 0.238 e. The van der Waals surface area contributed by atoms with E-state index in [2.05, 4.69) is 29.4 Å². The number of aromatic amines is 1. The highest BCUT2D eigenvalue weighted by Crippen LogP contribution is 2.35. The molecule has 0 aliphatic heterocycles. The summed E-state index contributed by atoms with van der Waals surface area (Å²) in [6, 6.07) is 16.5. The number of hydrogen-bond acceptors (Lipinski definition) is 3. The minimum absolute atomic E-state index is 0.0831. The number of amides is 1. The van der Waals surface area contributed by atoms with Crippen LogP contribution in [0.4, 0.5) is 0 Å². The van der Waals surface area contributed by atoms with Gasteiger partial charge in [0.25, 0.3) is 0 Å². The van der Waals surface area contributed by atoms with E-state index in [1.54, 1.807) is 0 Å². The van der Waals surface area contributed by atoms with E-state index >= 15 is 0 Å². The third-order valence-electron chi connectivity index (χ3n) is 5.39. The molecule has 1 amide bonds. The lowest BCUT2D eigenvalue weighted by molar-refractivity contribution is -0.121. The predicted molar refractivity (Wildman–Crippen MR) is 116 cm³/mol. The van der Waals surface area contributed by atoms with E-state index in [4.69, 9.17) is 4.98 Å². The van der Waals surface area contributed by atoms with Gasteiger partial charge < -0.3 is 10.3 Å². The molecule has 0 bridgehead atoms. The Morgan fingerprint density at radius 1 is 1.11 bits per heavy atom. The Morgan fingerprint density at radius 3 is 2.61 bits per heavy atom. The Kier molecular flexibility index (Phi) is 6.01. The first kappa shape index (κ1) is 19.1. The molecule has 4 rings (SSSR count). The third kappa shape index (κ3) is 4.58. The van der Waals surface area contributed by atoms with E-state index in [1.165, 1.54) is 43.0 Å². The minimum atomic E-state index is -0.314. The van der Waals surface area contributed by atoms with Crippen molar-refractivity contribution >= 4 is 28.7 Å². The highest BCUT2D eigenvalue weighted by atomic mass is 32.2. The number of carbonyl (C=O) groups excluding carboxylic acids is 1. The van der Waals surface area contributed by atoms with Gasteiger partial charge in [-0.05, 0) is 43.0 Å². The van der Waals surface area contributed by atoms with Crippen LogP contribution in [0.25, 0.3) is 11.0 Å². The number of aromatic nitrogens is 2. The average Bonchev–Trinajstić information content (AvgIpc) is 2.92. The number of aryl methyl sites for hydroxylation is 1.